The van der Waals surface area contributed by atoms with Gasteiger partial charge in [0.05, 0.1) is 6.54 Å². The molecule has 0 spiro atoms. The van der Waals surface area contributed by atoms with E-state index >= 15 is 0 Å². The van der Waals surface area contributed by atoms with E-state index in [9.17, 15) is 4.79 Å². The van der Waals surface area contributed by atoms with E-state index in [4.69, 9.17) is 25.5 Å². The number of amides is 1. The van der Waals surface area contributed by atoms with Crippen LogP contribution in [0, 0.1) is 6.92 Å². The third kappa shape index (κ3) is 3.68. The molecule has 0 bridgehead atoms. The number of fused-ring (bicyclic) bond motifs is 1. The molecule has 7 heteroatoms. The number of hydrogen-bond donors (Lipinski definition) is 0. The summed E-state index contributed by atoms with van der Waals surface area (Å²) < 4.78 is 17.3. The molecule has 0 saturated heterocycles. The Morgan fingerprint density at radius 1 is 1.18 bits per heavy atom. The van der Waals surface area contributed by atoms with Gasteiger partial charge in [0, 0.05) is 17.6 Å². The van der Waals surface area contributed by atoms with Gasteiger partial charge in [-0.1, -0.05) is 23.7 Å². The van der Waals surface area contributed by atoms with Crippen molar-refractivity contribution in [1.29, 1.82) is 0 Å². The largest absolute Gasteiger partial charge is 0.486 e. The summed E-state index contributed by atoms with van der Waals surface area (Å²) in [4.78, 5) is 18.8. The van der Waals surface area contributed by atoms with E-state index in [1.807, 2.05) is 24.3 Å². The minimum absolute atomic E-state index is 0.232. The molecule has 1 aromatic heterocycles. The van der Waals surface area contributed by atoms with E-state index in [1.54, 1.807) is 43.1 Å². The van der Waals surface area contributed by atoms with Crippen LogP contribution < -0.4 is 9.47 Å². The Morgan fingerprint density at radius 2 is 1.89 bits per heavy atom. The van der Waals surface area contributed by atoms with Crippen LogP contribution >= 0.6 is 11.6 Å². The van der Waals surface area contributed by atoms with E-state index < -0.39 is 0 Å². The van der Waals surface area contributed by atoms with Crippen molar-refractivity contribution >= 4 is 17.5 Å². The second kappa shape index (κ2) is 7.56. The Hall–Kier alpha value is -2.99. The zero-order valence-corrected chi connectivity index (χ0v) is 16.3. The molecule has 2 aromatic carbocycles. The molecule has 6 nitrogen and oxygen atoms in total. The van der Waals surface area contributed by atoms with Crippen LogP contribution in [-0.2, 0) is 0 Å². The van der Waals surface area contributed by atoms with Gasteiger partial charge in [0.1, 0.15) is 12.4 Å². The standard InChI is InChI=1S/C21H19ClN2O4/c1-13-19(23-20(27-13)14-7-9-15(22)10-8-14)21(25)24(2)11-16-12-26-17-5-3-4-6-18(17)28-16/h3-10,16H,11-12H2,1-2H3. The van der Waals surface area contributed by atoms with Crippen molar-refractivity contribution in [3.8, 4) is 23.0 Å². The summed E-state index contributed by atoms with van der Waals surface area (Å²) in [7, 11) is 1.71. The van der Waals surface area contributed by atoms with Gasteiger partial charge in [-0.05, 0) is 43.3 Å². The Labute approximate surface area is 167 Å². The fourth-order valence-electron chi connectivity index (χ4n) is 3.03. The number of carbonyl (C=O) groups excluding carboxylic acids is 1. The lowest BCUT2D eigenvalue weighted by Gasteiger charge is -2.29. The van der Waals surface area contributed by atoms with Crippen LogP contribution in [0.4, 0.5) is 0 Å². The highest BCUT2D eigenvalue weighted by Crippen LogP contribution is 2.31. The highest BCUT2D eigenvalue weighted by atomic mass is 35.5. The van der Waals surface area contributed by atoms with E-state index in [0.29, 0.717) is 41.3 Å². The third-order valence-electron chi connectivity index (χ3n) is 4.48. The van der Waals surface area contributed by atoms with Crippen LogP contribution in [-0.4, -0.2) is 42.1 Å². The number of rotatable bonds is 4. The summed E-state index contributed by atoms with van der Waals surface area (Å²) in [5.74, 6) is 2.02. The van der Waals surface area contributed by atoms with Crippen molar-refractivity contribution in [3.05, 3.63) is 65.0 Å². The van der Waals surface area contributed by atoms with Gasteiger partial charge in [0.15, 0.2) is 23.3 Å². The maximum atomic E-state index is 12.9. The summed E-state index contributed by atoms with van der Waals surface area (Å²) in [6, 6.07) is 14.6. The molecule has 0 fully saturated rings. The van der Waals surface area contributed by atoms with Gasteiger partial charge in [-0.15, -0.1) is 0 Å². The summed E-state index contributed by atoms with van der Waals surface area (Å²) in [5, 5.41) is 0.624. The molecule has 144 valence electrons. The monoisotopic (exact) mass is 398 g/mol. The molecule has 1 unspecified atom stereocenters. The Kier molecular flexibility index (Phi) is 4.96. The van der Waals surface area contributed by atoms with Crippen molar-refractivity contribution in [2.24, 2.45) is 0 Å². The number of ether oxygens (including phenoxy) is 2. The van der Waals surface area contributed by atoms with Crippen LogP contribution in [0.15, 0.2) is 52.9 Å². The number of hydrogen-bond acceptors (Lipinski definition) is 5. The third-order valence-corrected chi connectivity index (χ3v) is 4.73. The Bertz CT molecular complexity index is 1000. The van der Waals surface area contributed by atoms with Crippen LogP contribution in [0.1, 0.15) is 16.2 Å². The lowest BCUT2D eigenvalue weighted by atomic mass is 10.2. The molecule has 1 atom stereocenters. The van der Waals surface area contributed by atoms with Gasteiger partial charge in [-0.2, -0.15) is 0 Å². The lowest BCUT2D eigenvalue weighted by Crippen LogP contribution is -2.42. The molecular formula is C21H19ClN2O4. The molecular weight excluding hydrogens is 380 g/mol. The van der Waals surface area contributed by atoms with E-state index in [0.717, 1.165) is 5.56 Å². The first kappa shape index (κ1) is 18.4. The number of halogens is 1. The number of likely N-dealkylation sites (N-methyl/N-ethyl adjacent to an activating group) is 1. The minimum atomic E-state index is -0.258. The fourth-order valence-corrected chi connectivity index (χ4v) is 3.16. The first-order valence-electron chi connectivity index (χ1n) is 8.88. The molecule has 0 radical (unpaired) electrons. The molecule has 1 aliphatic rings. The lowest BCUT2D eigenvalue weighted by molar-refractivity contribution is 0.0516. The van der Waals surface area contributed by atoms with Gasteiger partial charge in [0.2, 0.25) is 5.89 Å². The zero-order chi connectivity index (χ0) is 19.7. The average Bonchev–Trinajstić information content (AvgIpc) is 3.09. The first-order chi connectivity index (χ1) is 13.5. The molecule has 0 aliphatic carbocycles. The second-order valence-corrected chi connectivity index (χ2v) is 7.05. The topological polar surface area (TPSA) is 64.8 Å². The number of carbonyl (C=O) groups is 1. The van der Waals surface area contributed by atoms with Gasteiger partial charge >= 0.3 is 0 Å². The fraction of sp³-hybridized carbons (Fsp3) is 0.238. The quantitative estimate of drug-likeness (QED) is 0.658. The molecule has 1 amide bonds. The average molecular weight is 399 g/mol. The second-order valence-electron chi connectivity index (χ2n) is 6.61. The van der Waals surface area contributed by atoms with Crippen LogP contribution in [0.25, 0.3) is 11.5 Å². The van der Waals surface area contributed by atoms with Crippen molar-refractivity contribution in [2.75, 3.05) is 20.2 Å². The summed E-state index contributed by atoms with van der Waals surface area (Å²) in [5.41, 5.74) is 1.04. The molecule has 1 aliphatic heterocycles. The number of aryl methyl sites for hydroxylation is 1. The molecule has 28 heavy (non-hydrogen) atoms. The Balaban J connectivity index is 1.46. The van der Waals surface area contributed by atoms with Crippen LogP contribution in [0.5, 0.6) is 11.5 Å². The van der Waals surface area contributed by atoms with Crippen LogP contribution in [0.3, 0.4) is 0 Å². The predicted octanol–water partition coefficient (Wildman–Crippen LogP) is 4.22. The molecule has 4 rings (SSSR count). The normalized spacial score (nSPS) is 15.3. The zero-order valence-electron chi connectivity index (χ0n) is 15.5. The van der Waals surface area contributed by atoms with E-state index in [-0.39, 0.29) is 17.7 Å². The van der Waals surface area contributed by atoms with E-state index in [2.05, 4.69) is 4.98 Å². The van der Waals surface area contributed by atoms with Gasteiger partial charge in [-0.25, -0.2) is 4.98 Å². The van der Waals surface area contributed by atoms with Crippen molar-refractivity contribution < 1.29 is 18.7 Å². The minimum Gasteiger partial charge on any atom is -0.486 e. The number of aromatic nitrogens is 1. The highest BCUT2D eigenvalue weighted by Gasteiger charge is 2.27. The van der Waals surface area contributed by atoms with Gasteiger partial charge in [-0.3, -0.25) is 4.79 Å². The first-order valence-corrected chi connectivity index (χ1v) is 9.26. The van der Waals surface area contributed by atoms with Crippen molar-refractivity contribution in [3.63, 3.8) is 0 Å². The maximum absolute atomic E-state index is 12.9. The molecule has 3 aromatic rings. The number of para-hydroxylation sites is 2. The predicted molar refractivity (Wildman–Crippen MR) is 105 cm³/mol. The number of benzene rings is 2. The summed E-state index contributed by atoms with van der Waals surface area (Å²) >= 11 is 5.92. The van der Waals surface area contributed by atoms with Gasteiger partial charge < -0.3 is 18.8 Å². The number of oxazole rings is 1. The van der Waals surface area contributed by atoms with E-state index in [1.165, 1.54) is 0 Å². The molecule has 2 heterocycles. The number of nitrogens with zero attached hydrogens (tertiary/aromatic N) is 2. The smallest absolute Gasteiger partial charge is 0.275 e. The summed E-state index contributed by atoms with van der Waals surface area (Å²) in [6.07, 6.45) is -0.258. The molecule has 0 N–H and O–H groups in total. The van der Waals surface area contributed by atoms with Crippen molar-refractivity contribution in [2.45, 2.75) is 13.0 Å². The highest BCUT2D eigenvalue weighted by molar-refractivity contribution is 6.30. The maximum Gasteiger partial charge on any atom is 0.275 e. The summed E-state index contributed by atoms with van der Waals surface area (Å²) in [6.45, 7) is 2.47. The van der Waals surface area contributed by atoms with Crippen LogP contribution in [0.2, 0.25) is 5.02 Å². The molecule has 0 saturated carbocycles. The van der Waals surface area contributed by atoms with Crippen molar-refractivity contribution in [1.82, 2.24) is 9.88 Å². The SMILES string of the molecule is Cc1oc(-c2ccc(Cl)cc2)nc1C(=O)N(C)CC1COc2ccccc2O1. The van der Waals surface area contributed by atoms with Gasteiger partial charge in [0.25, 0.3) is 5.91 Å². The Morgan fingerprint density at radius 3 is 2.64 bits per heavy atom.